The number of likely N-dealkylation sites (tertiary alicyclic amines) is 1. The van der Waals surface area contributed by atoms with Crippen LogP contribution >= 0.6 is 0 Å². The van der Waals surface area contributed by atoms with Gasteiger partial charge in [-0.15, -0.1) is 0 Å². The van der Waals surface area contributed by atoms with Gasteiger partial charge in [0.25, 0.3) is 0 Å². The number of hydrogen-bond donors (Lipinski definition) is 1. The predicted octanol–water partition coefficient (Wildman–Crippen LogP) is 2.34. The summed E-state index contributed by atoms with van der Waals surface area (Å²) in [5.41, 5.74) is 7.66. The third-order valence-electron chi connectivity index (χ3n) is 4.17. The van der Waals surface area contributed by atoms with Crippen LogP contribution in [-0.4, -0.2) is 43.2 Å². The molecule has 20 heavy (non-hydrogen) atoms. The summed E-state index contributed by atoms with van der Waals surface area (Å²) < 4.78 is 6.07. The molecule has 4 heteroatoms. The lowest BCUT2D eigenvalue weighted by atomic mass is 10.0. The number of nitrogen functional groups attached to an aromatic ring is 1. The van der Waals surface area contributed by atoms with Crippen LogP contribution in [0, 0.1) is 0 Å². The van der Waals surface area contributed by atoms with Crippen LogP contribution in [0.1, 0.15) is 26.7 Å². The fraction of sp³-hybridized carbons (Fsp3) is 0.625. The molecule has 3 rings (SSSR count). The van der Waals surface area contributed by atoms with Crippen LogP contribution in [0.25, 0.3) is 0 Å². The maximum absolute atomic E-state index is 6.07. The molecule has 2 heterocycles. The molecule has 0 saturated carbocycles. The second-order valence-corrected chi connectivity index (χ2v) is 6.56. The Hall–Kier alpha value is -1.42. The van der Waals surface area contributed by atoms with Crippen molar-refractivity contribution in [3.05, 3.63) is 18.2 Å². The fourth-order valence-corrected chi connectivity index (χ4v) is 3.22. The molecule has 0 bridgehead atoms. The highest BCUT2D eigenvalue weighted by atomic mass is 16.5. The number of benzene rings is 1. The largest absolute Gasteiger partial charge is 0.484 e. The summed E-state index contributed by atoms with van der Waals surface area (Å²) >= 11 is 0. The molecule has 1 aromatic carbocycles. The Balaban J connectivity index is 1.76. The summed E-state index contributed by atoms with van der Waals surface area (Å²) in [6, 6.07) is 5.99. The van der Waals surface area contributed by atoms with Gasteiger partial charge in [0.05, 0.1) is 12.2 Å². The molecular formula is C16H25N3O. The van der Waals surface area contributed by atoms with Crippen LogP contribution in [0.2, 0.25) is 0 Å². The van der Waals surface area contributed by atoms with E-state index < -0.39 is 0 Å². The van der Waals surface area contributed by atoms with E-state index in [1.54, 1.807) is 0 Å². The van der Waals surface area contributed by atoms with E-state index in [-0.39, 0.29) is 5.60 Å². The first-order chi connectivity index (χ1) is 9.53. The summed E-state index contributed by atoms with van der Waals surface area (Å²) in [5, 5.41) is 0. The van der Waals surface area contributed by atoms with Crippen molar-refractivity contribution >= 4 is 11.4 Å². The third-order valence-corrected chi connectivity index (χ3v) is 4.17. The second kappa shape index (κ2) is 5.17. The Kier molecular flexibility index (Phi) is 3.50. The fourth-order valence-electron chi connectivity index (χ4n) is 3.22. The Morgan fingerprint density at radius 3 is 2.70 bits per heavy atom. The van der Waals surface area contributed by atoms with Crippen molar-refractivity contribution in [3.63, 3.8) is 0 Å². The third kappa shape index (κ3) is 2.85. The molecule has 1 fully saturated rings. The van der Waals surface area contributed by atoms with Gasteiger partial charge in [0, 0.05) is 24.8 Å². The van der Waals surface area contributed by atoms with E-state index in [1.165, 1.54) is 31.6 Å². The Labute approximate surface area is 121 Å². The summed E-state index contributed by atoms with van der Waals surface area (Å²) in [6.45, 7) is 9.91. The maximum Gasteiger partial charge on any atom is 0.145 e. The SMILES string of the molecule is CC1(C)CN(CCN2CCCC2)c2ccc(N)cc2O1. The zero-order valence-corrected chi connectivity index (χ0v) is 12.6. The van der Waals surface area contributed by atoms with Gasteiger partial charge in [0.1, 0.15) is 11.4 Å². The predicted molar refractivity (Wildman–Crippen MR) is 83.4 cm³/mol. The molecule has 110 valence electrons. The van der Waals surface area contributed by atoms with Gasteiger partial charge < -0.3 is 20.3 Å². The van der Waals surface area contributed by atoms with Gasteiger partial charge in [-0.05, 0) is 51.9 Å². The molecule has 0 spiro atoms. The molecule has 2 aliphatic heterocycles. The van der Waals surface area contributed by atoms with Gasteiger partial charge in [-0.25, -0.2) is 0 Å². The Morgan fingerprint density at radius 2 is 1.95 bits per heavy atom. The minimum atomic E-state index is -0.161. The highest BCUT2D eigenvalue weighted by molar-refractivity contribution is 5.65. The van der Waals surface area contributed by atoms with E-state index in [0.717, 1.165) is 31.1 Å². The molecule has 2 N–H and O–H groups in total. The zero-order valence-electron chi connectivity index (χ0n) is 12.6. The van der Waals surface area contributed by atoms with Crippen molar-refractivity contribution in [2.75, 3.05) is 43.4 Å². The van der Waals surface area contributed by atoms with Crippen molar-refractivity contribution in [1.29, 1.82) is 0 Å². The van der Waals surface area contributed by atoms with E-state index in [0.29, 0.717) is 0 Å². The molecular weight excluding hydrogens is 250 g/mol. The monoisotopic (exact) mass is 275 g/mol. The molecule has 1 saturated heterocycles. The van der Waals surface area contributed by atoms with Gasteiger partial charge >= 0.3 is 0 Å². The number of hydrogen-bond acceptors (Lipinski definition) is 4. The van der Waals surface area contributed by atoms with Crippen molar-refractivity contribution < 1.29 is 4.74 Å². The highest BCUT2D eigenvalue weighted by Crippen LogP contribution is 2.38. The van der Waals surface area contributed by atoms with Crippen molar-refractivity contribution in [3.8, 4) is 5.75 Å². The number of nitrogens with two attached hydrogens (primary N) is 1. The summed E-state index contributed by atoms with van der Waals surface area (Å²) in [6.07, 6.45) is 2.70. The summed E-state index contributed by atoms with van der Waals surface area (Å²) in [4.78, 5) is 5.00. The van der Waals surface area contributed by atoms with Crippen LogP contribution < -0.4 is 15.4 Å². The van der Waals surface area contributed by atoms with Crippen LogP contribution in [0.4, 0.5) is 11.4 Å². The first-order valence-electron chi connectivity index (χ1n) is 7.59. The lowest BCUT2D eigenvalue weighted by Crippen LogP contribution is -2.48. The molecule has 1 aromatic rings. The van der Waals surface area contributed by atoms with Crippen molar-refractivity contribution in [2.24, 2.45) is 0 Å². The first-order valence-corrected chi connectivity index (χ1v) is 7.59. The summed E-state index contributed by atoms with van der Waals surface area (Å²) in [7, 11) is 0. The quantitative estimate of drug-likeness (QED) is 0.860. The number of anilines is 2. The molecule has 4 nitrogen and oxygen atoms in total. The molecule has 0 aliphatic carbocycles. The first kappa shape index (κ1) is 13.6. The van der Waals surface area contributed by atoms with Crippen LogP contribution in [-0.2, 0) is 0 Å². The van der Waals surface area contributed by atoms with Crippen molar-refractivity contribution in [2.45, 2.75) is 32.3 Å². The lowest BCUT2D eigenvalue weighted by Gasteiger charge is -2.41. The van der Waals surface area contributed by atoms with Gasteiger partial charge in [-0.2, -0.15) is 0 Å². The van der Waals surface area contributed by atoms with E-state index in [1.807, 2.05) is 12.1 Å². The van der Waals surface area contributed by atoms with E-state index in [2.05, 4.69) is 29.7 Å². The minimum Gasteiger partial charge on any atom is -0.484 e. The zero-order chi connectivity index (χ0) is 14.2. The van der Waals surface area contributed by atoms with Crippen LogP contribution in [0.5, 0.6) is 5.75 Å². The standard InChI is InChI=1S/C16H25N3O/c1-16(2)12-19(10-9-18-7-3-4-8-18)14-6-5-13(17)11-15(14)20-16/h5-6,11H,3-4,7-10,12,17H2,1-2H3. The van der Waals surface area contributed by atoms with Crippen molar-refractivity contribution in [1.82, 2.24) is 4.90 Å². The highest BCUT2D eigenvalue weighted by Gasteiger charge is 2.31. The minimum absolute atomic E-state index is 0.161. The van der Waals surface area contributed by atoms with Gasteiger partial charge in [0.2, 0.25) is 0 Å². The van der Waals surface area contributed by atoms with Gasteiger partial charge in [-0.1, -0.05) is 0 Å². The molecule has 0 radical (unpaired) electrons. The molecule has 0 atom stereocenters. The topological polar surface area (TPSA) is 41.7 Å². The second-order valence-electron chi connectivity index (χ2n) is 6.56. The number of rotatable bonds is 3. The van der Waals surface area contributed by atoms with E-state index >= 15 is 0 Å². The molecule has 2 aliphatic rings. The van der Waals surface area contributed by atoms with Gasteiger partial charge in [0.15, 0.2) is 0 Å². The van der Waals surface area contributed by atoms with Crippen LogP contribution in [0.15, 0.2) is 18.2 Å². The number of fused-ring (bicyclic) bond motifs is 1. The average Bonchev–Trinajstić information content (AvgIpc) is 2.87. The molecule has 0 aromatic heterocycles. The summed E-state index contributed by atoms with van der Waals surface area (Å²) in [5.74, 6) is 0.919. The smallest absolute Gasteiger partial charge is 0.145 e. The number of ether oxygens (including phenoxy) is 1. The normalized spacial score (nSPS) is 21.6. The maximum atomic E-state index is 6.07. The number of nitrogens with zero attached hydrogens (tertiary/aromatic N) is 2. The van der Waals surface area contributed by atoms with E-state index in [9.17, 15) is 0 Å². The Morgan fingerprint density at radius 1 is 1.20 bits per heavy atom. The molecule has 0 amide bonds. The molecule has 0 unspecified atom stereocenters. The lowest BCUT2D eigenvalue weighted by molar-refractivity contribution is 0.104. The van der Waals surface area contributed by atoms with E-state index in [4.69, 9.17) is 10.5 Å². The average molecular weight is 275 g/mol. The van der Waals surface area contributed by atoms with Gasteiger partial charge in [-0.3, -0.25) is 0 Å². The van der Waals surface area contributed by atoms with Crippen LogP contribution in [0.3, 0.4) is 0 Å². The Bertz CT molecular complexity index is 481.